The van der Waals surface area contributed by atoms with Gasteiger partial charge in [-0.05, 0) is 25.8 Å². The molecule has 1 aliphatic heterocycles. The van der Waals surface area contributed by atoms with Gasteiger partial charge in [0.15, 0.2) is 23.7 Å². The summed E-state index contributed by atoms with van der Waals surface area (Å²) in [4.78, 5) is 48.1. The monoisotopic (exact) mass is 334 g/mol. The van der Waals surface area contributed by atoms with Gasteiger partial charge in [0.05, 0.1) is 10.6 Å². The van der Waals surface area contributed by atoms with Gasteiger partial charge in [-0.3, -0.25) is 29.4 Å². The summed E-state index contributed by atoms with van der Waals surface area (Å²) in [6.07, 6.45) is -0.875. The van der Waals surface area contributed by atoms with Crippen LogP contribution in [0, 0.1) is 16.0 Å². The lowest BCUT2D eigenvalue weighted by Gasteiger charge is -2.38. The number of rotatable bonds is 5. The number of amides is 1. The Morgan fingerprint density at radius 3 is 2.29 bits per heavy atom. The van der Waals surface area contributed by atoms with Crippen molar-refractivity contribution in [2.24, 2.45) is 5.92 Å². The number of carbonyl (C=O) groups is 3. The molecule has 1 unspecified atom stereocenters. The zero-order valence-electron chi connectivity index (χ0n) is 13.8. The summed E-state index contributed by atoms with van der Waals surface area (Å²) in [6.45, 7) is 5.95. The molecule has 0 saturated carbocycles. The Morgan fingerprint density at radius 1 is 1.25 bits per heavy atom. The zero-order valence-corrected chi connectivity index (χ0v) is 13.8. The van der Waals surface area contributed by atoms with Gasteiger partial charge in [0.25, 0.3) is 11.6 Å². The van der Waals surface area contributed by atoms with Crippen molar-refractivity contribution < 1.29 is 24.0 Å². The molecule has 0 fully saturated rings. The molecule has 0 N–H and O–H groups in total. The van der Waals surface area contributed by atoms with Gasteiger partial charge in [0.1, 0.15) is 5.75 Å². The first-order valence-electron chi connectivity index (χ1n) is 7.44. The average molecular weight is 334 g/mol. The van der Waals surface area contributed by atoms with Gasteiger partial charge in [-0.15, -0.1) is 0 Å². The lowest BCUT2D eigenvalue weighted by Crippen LogP contribution is -2.56. The minimum Gasteiger partial charge on any atom is -0.478 e. The summed E-state index contributed by atoms with van der Waals surface area (Å²) in [6, 6.07) is 2.44. The molecule has 24 heavy (non-hydrogen) atoms. The van der Waals surface area contributed by atoms with Crippen molar-refractivity contribution in [1.82, 2.24) is 0 Å². The molecule has 1 atom stereocenters. The first-order valence-corrected chi connectivity index (χ1v) is 7.44. The van der Waals surface area contributed by atoms with Crippen molar-refractivity contribution in [2.45, 2.75) is 39.8 Å². The van der Waals surface area contributed by atoms with Gasteiger partial charge in [-0.2, -0.15) is 0 Å². The molecule has 0 radical (unpaired) electrons. The van der Waals surface area contributed by atoms with E-state index < -0.39 is 34.5 Å². The highest BCUT2D eigenvalue weighted by Gasteiger charge is 2.43. The molecular formula is C16H18N2O6. The van der Waals surface area contributed by atoms with Gasteiger partial charge in [0, 0.05) is 12.1 Å². The molecule has 0 aromatic heterocycles. The third-order valence-electron chi connectivity index (χ3n) is 3.78. The number of hydrogen-bond acceptors (Lipinski definition) is 6. The summed E-state index contributed by atoms with van der Waals surface area (Å²) in [5.41, 5.74) is -0.203. The van der Waals surface area contributed by atoms with Gasteiger partial charge in [0.2, 0.25) is 0 Å². The number of nitrogens with zero attached hydrogens (tertiary/aromatic N) is 2. The van der Waals surface area contributed by atoms with Crippen LogP contribution in [0.2, 0.25) is 0 Å². The molecular weight excluding hydrogens is 316 g/mol. The summed E-state index contributed by atoms with van der Waals surface area (Å²) < 4.78 is 5.64. The molecule has 0 saturated heterocycles. The first kappa shape index (κ1) is 17.6. The number of Topliss-reactive ketones (excluding diaryl/α,β-unsaturated/α-hetero) is 2. The molecule has 1 aliphatic rings. The molecule has 0 bridgehead atoms. The van der Waals surface area contributed by atoms with E-state index in [0.29, 0.717) is 0 Å². The van der Waals surface area contributed by atoms with Crippen molar-refractivity contribution >= 4 is 28.8 Å². The smallest absolute Gasteiger partial charge is 0.271 e. The van der Waals surface area contributed by atoms with Gasteiger partial charge in [-0.1, -0.05) is 13.8 Å². The molecule has 1 aromatic rings. The van der Waals surface area contributed by atoms with Gasteiger partial charge < -0.3 is 4.74 Å². The van der Waals surface area contributed by atoms with E-state index in [9.17, 15) is 24.5 Å². The van der Waals surface area contributed by atoms with Crippen LogP contribution >= 0.6 is 0 Å². The van der Waals surface area contributed by atoms with Gasteiger partial charge >= 0.3 is 0 Å². The van der Waals surface area contributed by atoms with E-state index in [0.717, 1.165) is 11.0 Å². The normalized spacial score (nSPS) is 16.8. The second-order valence-corrected chi connectivity index (χ2v) is 6.02. The maximum atomic E-state index is 12.8. The van der Waals surface area contributed by atoms with E-state index in [1.165, 1.54) is 26.0 Å². The molecule has 2 rings (SSSR count). The fourth-order valence-corrected chi connectivity index (χ4v) is 2.69. The summed E-state index contributed by atoms with van der Waals surface area (Å²) >= 11 is 0. The Bertz CT molecular complexity index is 713. The number of hydrogen-bond donors (Lipinski definition) is 0. The van der Waals surface area contributed by atoms with E-state index in [2.05, 4.69) is 0 Å². The largest absolute Gasteiger partial charge is 0.478 e. The number of nitro benzene ring substituents is 1. The number of ketones is 2. The standard InChI is InChI=1S/C16H18N2O6/c1-8(2)15-16(21)17(14(9(3)19)10(4)20)12-7-11(18(22)23)5-6-13(12)24-15/h5-8,14-15H,1-4H3. The third kappa shape index (κ3) is 2.99. The highest BCUT2D eigenvalue weighted by atomic mass is 16.6. The van der Waals surface area contributed by atoms with E-state index in [4.69, 9.17) is 4.74 Å². The summed E-state index contributed by atoms with van der Waals surface area (Å²) in [5, 5.41) is 11.0. The lowest BCUT2D eigenvalue weighted by molar-refractivity contribution is -0.384. The number of carbonyl (C=O) groups excluding carboxylic acids is 3. The van der Waals surface area contributed by atoms with Crippen molar-refractivity contribution in [3.8, 4) is 5.75 Å². The second-order valence-electron chi connectivity index (χ2n) is 6.02. The Hall–Kier alpha value is -2.77. The molecule has 0 aliphatic carbocycles. The predicted molar refractivity (Wildman–Crippen MR) is 85.0 cm³/mol. The highest BCUT2D eigenvalue weighted by molar-refractivity contribution is 6.16. The topological polar surface area (TPSA) is 107 Å². The van der Waals surface area contributed by atoms with Crippen LogP contribution in [0.3, 0.4) is 0 Å². The van der Waals surface area contributed by atoms with Crippen LogP contribution in [0.5, 0.6) is 5.75 Å². The number of non-ortho nitro benzene ring substituents is 1. The number of fused-ring (bicyclic) bond motifs is 1. The van der Waals surface area contributed by atoms with E-state index in [-0.39, 0.29) is 23.0 Å². The van der Waals surface area contributed by atoms with Crippen LogP contribution in [-0.4, -0.2) is 34.5 Å². The van der Waals surface area contributed by atoms with Crippen LogP contribution in [0.4, 0.5) is 11.4 Å². The van der Waals surface area contributed by atoms with E-state index in [1.807, 2.05) is 0 Å². The minimum atomic E-state index is -1.33. The fourth-order valence-electron chi connectivity index (χ4n) is 2.69. The van der Waals surface area contributed by atoms with Crippen LogP contribution < -0.4 is 9.64 Å². The average Bonchev–Trinajstić information content (AvgIpc) is 2.47. The number of ether oxygens (including phenoxy) is 1. The summed E-state index contributed by atoms with van der Waals surface area (Å²) in [5.74, 6) is -1.57. The van der Waals surface area contributed by atoms with Crippen LogP contribution in [0.25, 0.3) is 0 Å². The second kappa shape index (κ2) is 6.38. The Morgan fingerprint density at radius 2 is 1.83 bits per heavy atom. The molecule has 1 heterocycles. The maximum Gasteiger partial charge on any atom is 0.271 e. The van der Waals surface area contributed by atoms with Crippen molar-refractivity contribution in [1.29, 1.82) is 0 Å². The van der Waals surface area contributed by atoms with Crippen LogP contribution in [0.1, 0.15) is 27.7 Å². The third-order valence-corrected chi connectivity index (χ3v) is 3.78. The van der Waals surface area contributed by atoms with Crippen molar-refractivity contribution in [2.75, 3.05) is 4.90 Å². The molecule has 128 valence electrons. The van der Waals surface area contributed by atoms with E-state index >= 15 is 0 Å². The molecule has 0 spiro atoms. The fraction of sp³-hybridized carbons (Fsp3) is 0.438. The molecule has 8 heteroatoms. The first-order chi connectivity index (χ1) is 11.1. The quantitative estimate of drug-likeness (QED) is 0.462. The Balaban J connectivity index is 2.67. The highest BCUT2D eigenvalue weighted by Crippen LogP contribution is 2.39. The Kier molecular flexibility index (Phi) is 4.68. The number of anilines is 1. The van der Waals surface area contributed by atoms with Crippen LogP contribution in [-0.2, 0) is 14.4 Å². The zero-order chi connectivity index (χ0) is 18.2. The van der Waals surface area contributed by atoms with E-state index in [1.54, 1.807) is 13.8 Å². The van der Waals surface area contributed by atoms with Crippen molar-refractivity contribution in [3.63, 3.8) is 0 Å². The molecule has 8 nitrogen and oxygen atoms in total. The predicted octanol–water partition coefficient (Wildman–Crippen LogP) is 1.89. The Labute approximate surface area is 138 Å². The molecule has 1 aromatic carbocycles. The maximum absolute atomic E-state index is 12.8. The van der Waals surface area contributed by atoms with Crippen molar-refractivity contribution in [3.05, 3.63) is 28.3 Å². The van der Waals surface area contributed by atoms with Crippen LogP contribution in [0.15, 0.2) is 18.2 Å². The summed E-state index contributed by atoms with van der Waals surface area (Å²) in [7, 11) is 0. The number of nitro groups is 1. The minimum absolute atomic E-state index is 0.0569. The lowest BCUT2D eigenvalue weighted by atomic mass is 9.99. The molecule has 1 amide bonds. The SMILES string of the molecule is CC(=O)C(C(C)=O)N1C(=O)C(C(C)C)Oc2ccc([N+](=O)[O-])cc21. The number of benzene rings is 1. The van der Waals surface area contributed by atoms with Gasteiger partial charge in [-0.25, -0.2) is 0 Å².